The van der Waals surface area contributed by atoms with Crippen LogP contribution in [0.4, 0.5) is 4.39 Å². The number of hydrogen-bond acceptors (Lipinski definition) is 5. The first-order valence-electron chi connectivity index (χ1n) is 6.55. The molecule has 114 valence electrons. The molecule has 0 aliphatic heterocycles. The fourth-order valence-corrected chi connectivity index (χ4v) is 1.95. The average molecular weight is 303 g/mol. The fraction of sp³-hybridized carbons (Fsp3) is 0.267. The second kappa shape index (κ2) is 6.72. The van der Waals surface area contributed by atoms with Gasteiger partial charge in [-0.1, -0.05) is 0 Å². The Hall–Kier alpha value is -2.88. The first-order chi connectivity index (χ1) is 10.6. The fourth-order valence-electron chi connectivity index (χ4n) is 1.95. The minimum absolute atomic E-state index is 0.140. The van der Waals surface area contributed by atoms with Gasteiger partial charge in [-0.05, 0) is 24.6 Å². The summed E-state index contributed by atoms with van der Waals surface area (Å²) in [6.07, 6.45) is 2.90. The van der Waals surface area contributed by atoms with E-state index in [0.29, 0.717) is 11.1 Å². The van der Waals surface area contributed by atoms with E-state index >= 15 is 0 Å². The lowest BCUT2D eigenvalue weighted by atomic mass is 10.1. The van der Waals surface area contributed by atoms with Crippen LogP contribution in [-0.2, 0) is 11.3 Å². The van der Waals surface area contributed by atoms with E-state index in [4.69, 9.17) is 14.7 Å². The molecular formula is C15H14FN3O3. The number of ether oxygens (including phenoxy) is 2. The van der Waals surface area contributed by atoms with Gasteiger partial charge >= 0.3 is 5.97 Å². The normalized spacial score (nSPS) is 10.1. The van der Waals surface area contributed by atoms with Crippen LogP contribution in [0, 0.1) is 17.1 Å². The number of carbonyl (C=O) groups excluding carboxylic acids is 1. The molecule has 0 bridgehead atoms. The van der Waals surface area contributed by atoms with Crippen LogP contribution in [0.15, 0.2) is 24.5 Å². The highest BCUT2D eigenvalue weighted by Crippen LogP contribution is 2.23. The summed E-state index contributed by atoms with van der Waals surface area (Å²) >= 11 is 0. The van der Waals surface area contributed by atoms with Crippen molar-refractivity contribution in [2.75, 3.05) is 13.7 Å². The monoisotopic (exact) mass is 303 g/mol. The molecule has 0 unspecified atom stereocenters. The van der Waals surface area contributed by atoms with Crippen LogP contribution in [0.3, 0.4) is 0 Å². The van der Waals surface area contributed by atoms with Gasteiger partial charge in [-0.15, -0.1) is 0 Å². The van der Waals surface area contributed by atoms with Gasteiger partial charge in [-0.3, -0.25) is 4.68 Å². The van der Waals surface area contributed by atoms with Crippen molar-refractivity contribution in [3.05, 3.63) is 47.0 Å². The number of aromatic nitrogens is 2. The SMILES string of the molecule is CCOC(=O)c1cnn(Cc2cc(F)c(C#N)c(OC)c2)c1. The standard InChI is InChI=1S/C15H14FN3O3/c1-3-22-15(20)11-7-18-19(9-11)8-10-4-13(16)12(6-17)14(5-10)21-2/h4-5,7,9H,3,8H2,1-2H3. The Kier molecular flexibility index (Phi) is 4.73. The van der Waals surface area contributed by atoms with Crippen molar-refractivity contribution in [1.29, 1.82) is 5.26 Å². The van der Waals surface area contributed by atoms with Crippen LogP contribution in [0.2, 0.25) is 0 Å². The zero-order valence-corrected chi connectivity index (χ0v) is 12.2. The van der Waals surface area contributed by atoms with Gasteiger partial charge in [-0.25, -0.2) is 9.18 Å². The lowest BCUT2D eigenvalue weighted by Gasteiger charge is -2.08. The number of halogens is 1. The Morgan fingerprint density at radius 2 is 2.27 bits per heavy atom. The third kappa shape index (κ3) is 3.23. The lowest BCUT2D eigenvalue weighted by molar-refractivity contribution is 0.0526. The number of hydrogen-bond donors (Lipinski definition) is 0. The summed E-state index contributed by atoms with van der Waals surface area (Å²) < 4.78 is 25.2. The summed E-state index contributed by atoms with van der Waals surface area (Å²) in [5, 5.41) is 12.9. The van der Waals surface area contributed by atoms with E-state index in [9.17, 15) is 9.18 Å². The van der Waals surface area contributed by atoms with E-state index in [1.54, 1.807) is 19.1 Å². The highest BCUT2D eigenvalue weighted by molar-refractivity contribution is 5.88. The van der Waals surface area contributed by atoms with Crippen molar-refractivity contribution in [1.82, 2.24) is 9.78 Å². The molecule has 1 aromatic heterocycles. The number of methoxy groups -OCH3 is 1. The zero-order chi connectivity index (χ0) is 16.1. The zero-order valence-electron chi connectivity index (χ0n) is 12.2. The number of benzene rings is 1. The van der Waals surface area contributed by atoms with Crippen molar-refractivity contribution < 1.29 is 18.7 Å². The molecule has 22 heavy (non-hydrogen) atoms. The second-order valence-electron chi connectivity index (χ2n) is 4.41. The van der Waals surface area contributed by atoms with Gasteiger partial charge in [0.2, 0.25) is 0 Å². The molecule has 0 radical (unpaired) electrons. The predicted molar refractivity (Wildman–Crippen MR) is 75.0 cm³/mol. The summed E-state index contributed by atoms with van der Waals surface area (Å²) in [7, 11) is 1.37. The second-order valence-corrected chi connectivity index (χ2v) is 4.41. The summed E-state index contributed by atoms with van der Waals surface area (Å²) in [5.41, 5.74) is 0.744. The highest BCUT2D eigenvalue weighted by Gasteiger charge is 2.13. The smallest absolute Gasteiger partial charge is 0.341 e. The van der Waals surface area contributed by atoms with E-state index in [0.717, 1.165) is 0 Å². The molecular weight excluding hydrogens is 289 g/mol. The molecule has 0 saturated carbocycles. The Labute approximate surface area is 126 Å². The first kappa shape index (κ1) is 15.5. The van der Waals surface area contributed by atoms with Crippen molar-refractivity contribution in [2.45, 2.75) is 13.5 Å². The topological polar surface area (TPSA) is 77.1 Å². The van der Waals surface area contributed by atoms with Crippen molar-refractivity contribution in [3.63, 3.8) is 0 Å². The van der Waals surface area contributed by atoms with Gasteiger partial charge < -0.3 is 9.47 Å². The number of nitriles is 1. The molecule has 2 aromatic rings. The van der Waals surface area contributed by atoms with Gasteiger partial charge in [0.25, 0.3) is 0 Å². The summed E-state index contributed by atoms with van der Waals surface area (Å²) in [6, 6.07) is 4.56. The minimum atomic E-state index is -0.658. The lowest BCUT2D eigenvalue weighted by Crippen LogP contribution is -2.04. The van der Waals surface area contributed by atoms with Crippen LogP contribution in [0.1, 0.15) is 28.4 Å². The third-order valence-electron chi connectivity index (χ3n) is 2.93. The Morgan fingerprint density at radius 3 is 2.91 bits per heavy atom. The van der Waals surface area contributed by atoms with Gasteiger partial charge in [0.1, 0.15) is 23.2 Å². The predicted octanol–water partition coefficient (Wildman–Crippen LogP) is 2.13. The van der Waals surface area contributed by atoms with Gasteiger partial charge in [0.15, 0.2) is 0 Å². The highest BCUT2D eigenvalue weighted by atomic mass is 19.1. The van der Waals surface area contributed by atoms with E-state index < -0.39 is 11.8 Å². The van der Waals surface area contributed by atoms with Crippen molar-refractivity contribution >= 4 is 5.97 Å². The molecule has 0 spiro atoms. The van der Waals surface area contributed by atoms with Gasteiger partial charge in [0, 0.05) is 6.20 Å². The Morgan fingerprint density at radius 1 is 1.50 bits per heavy atom. The van der Waals surface area contributed by atoms with Crippen LogP contribution < -0.4 is 4.74 Å². The molecule has 1 heterocycles. The molecule has 6 nitrogen and oxygen atoms in total. The first-order valence-corrected chi connectivity index (χ1v) is 6.55. The van der Waals surface area contributed by atoms with E-state index in [1.165, 1.54) is 30.3 Å². The molecule has 0 N–H and O–H groups in total. The van der Waals surface area contributed by atoms with Gasteiger partial charge in [-0.2, -0.15) is 10.4 Å². The van der Waals surface area contributed by atoms with E-state index in [1.807, 2.05) is 0 Å². The summed E-state index contributed by atoms with van der Waals surface area (Å²) in [4.78, 5) is 11.6. The maximum absolute atomic E-state index is 13.8. The quantitative estimate of drug-likeness (QED) is 0.791. The molecule has 7 heteroatoms. The largest absolute Gasteiger partial charge is 0.495 e. The van der Waals surface area contributed by atoms with E-state index in [2.05, 4.69) is 5.10 Å². The van der Waals surface area contributed by atoms with Crippen molar-refractivity contribution in [3.8, 4) is 11.8 Å². The Balaban J connectivity index is 2.23. The number of nitrogens with zero attached hydrogens (tertiary/aromatic N) is 3. The molecule has 0 aliphatic rings. The summed E-state index contributed by atoms with van der Waals surface area (Å²) in [5.74, 6) is -0.956. The molecule has 0 amide bonds. The molecule has 0 aliphatic carbocycles. The van der Waals surface area contributed by atoms with Crippen LogP contribution in [-0.4, -0.2) is 29.5 Å². The average Bonchev–Trinajstić information content (AvgIpc) is 2.95. The van der Waals surface area contributed by atoms with Crippen LogP contribution in [0.25, 0.3) is 0 Å². The number of esters is 1. The maximum Gasteiger partial charge on any atom is 0.341 e. The van der Waals surface area contributed by atoms with Gasteiger partial charge in [0.05, 0.1) is 32.0 Å². The number of rotatable bonds is 5. The van der Waals surface area contributed by atoms with Crippen LogP contribution >= 0.6 is 0 Å². The van der Waals surface area contributed by atoms with Crippen molar-refractivity contribution in [2.24, 2.45) is 0 Å². The molecule has 0 atom stereocenters. The van der Waals surface area contributed by atoms with E-state index in [-0.39, 0.29) is 24.5 Å². The molecule has 0 fully saturated rings. The third-order valence-corrected chi connectivity index (χ3v) is 2.93. The Bertz CT molecular complexity index is 734. The number of carbonyl (C=O) groups is 1. The molecule has 1 aromatic carbocycles. The molecule has 0 saturated heterocycles. The van der Waals surface area contributed by atoms with Crippen LogP contribution in [0.5, 0.6) is 5.75 Å². The minimum Gasteiger partial charge on any atom is -0.495 e. The summed E-state index contributed by atoms with van der Waals surface area (Å²) in [6.45, 7) is 2.23. The maximum atomic E-state index is 13.8. The molecule has 2 rings (SSSR count).